The molecule has 3 rings (SSSR count). The zero-order valence-corrected chi connectivity index (χ0v) is 14.7. The molecule has 0 fully saturated rings. The van der Waals surface area contributed by atoms with Gasteiger partial charge in [0, 0.05) is 16.1 Å². The van der Waals surface area contributed by atoms with Gasteiger partial charge >= 0.3 is 18.5 Å². The van der Waals surface area contributed by atoms with Crippen molar-refractivity contribution in [1.29, 1.82) is 0 Å². The van der Waals surface area contributed by atoms with Crippen LogP contribution in [0.4, 0.5) is 26.3 Å². The fraction of sp³-hybridized carbons (Fsp3) is 0.167. The van der Waals surface area contributed by atoms with Crippen LogP contribution in [-0.4, -0.2) is 29.7 Å². The lowest BCUT2D eigenvalue weighted by Crippen LogP contribution is -2.40. The van der Waals surface area contributed by atoms with Crippen LogP contribution in [0, 0.1) is 0 Å². The summed E-state index contributed by atoms with van der Waals surface area (Å²) in [4.78, 5) is 11.2. The molecule has 0 spiro atoms. The lowest BCUT2D eigenvalue weighted by atomic mass is 9.95. The predicted molar refractivity (Wildman–Crippen MR) is 89.7 cm³/mol. The summed E-state index contributed by atoms with van der Waals surface area (Å²) in [5.41, 5.74) is -0.805. The summed E-state index contributed by atoms with van der Waals surface area (Å²) in [5, 5.41) is 9.15. The molecule has 1 heterocycles. The van der Waals surface area contributed by atoms with Gasteiger partial charge in [0.2, 0.25) is 6.10 Å². The van der Waals surface area contributed by atoms with Gasteiger partial charge in [0.05, 0.1) is 5.57 Å². The monoisotopic (exact) mass is 438 g/mol. The third-order valence-electron chi connectivity index (χ3n) is 3.85. The molecule has 2 aromatic rings. The predicted octanol–water partition coefficient (Wildman–Crippen LogP) is 5.70. The molecule has 29 heavy (non-hydrogen) atoms. The molecule has 1 N–H and O–H groups in total. The molecule has 1 aliphatic rings. The molecule has 0 aromatic heterocycles. The van der Waals surface area contributed by atoms with E-state index >= 15 is 0 Å². The third-order valence-corrected chi connectivity index (χ3v) is 4.07. The number of ether oxygens (including phenoxy) is 2. The number of aliphatic carboxylic acids is 1. The molecule has 0 radical (unpaired) electrons. The maximum Gasteiger partial charge on any atom is 0.573 e. The average molecular weight is 439 g/mol. The molecule has 0 aliphatic carbocycles. The van der Waals surface area contributed by atoms with Crippen molar-refractivity contribution in [1.82, 2.24) is 0 Å². The Morgan fingerprint density at radius 1 is 1.07 bits per heavy atom. The Morgan fingerprint density at radius 2 is 1.69 bits per heavy atom. The first-order chi connectivity index (χ1) is 13.3. The quantitative estimate of drug-likeness (QED) is 0.625. The number of hydrogen-bond donors (Lipinski definition) is 1. The third kappa shape index (κ3) is 4.58. The zero-order chi connectivity index (χ0) is 21.6. The van der Waals surface area contributed by atoms with E-state index in [4.69, 9.17) is 21.4 Å². The summed E-state index contributed by atoms with van der Waals surface area (Å²) in [6.07, 6.45) is -11.8. The van der Waals surface area contributed by atoms with Gasteiger partial charge in [0.1, 0.15) is 11.5 Å². The van der Waals surface area contributed by atoms with Gasteiger partial charge < -0.3 is 14.6 Å². The van der Waals surface area contributed by atoms with Crippen molar-refractivity contribution in [3.63, 3.8) is 0 Å². The second kappa shape index (κ2) is 7.18. The number of carboxylic acids is 1. The maximum absolute atomic E-state index is 13.3. The molecule has 4 nitrogen and oxygen atoms in total. The molecular formula is C18H9ClF6O4. The van der Waals surface area contributed by atoms with Gasteiger partial charge in [-0.2, -0.15) is 13.2 Å². The zero-order valence-electron chi connectivity index (χ0n) is 13.9. The first-order valence-electron chi connectivity index (χ1n) is 7.73. The fourth-order valence-corrected chi connectivity index (χ4v) is 2.97. The minimum Gasteiger partial charge on any atom is -0.478 e. The topological polar surface area (TPSA) is 55.8 Å². The Kier molecular flexibility index (Phi) is 5.16. The number of hydrogen-bond acceptors (Lipinski definition) is 3. The number of fused-ring (bicyclic) bond motifs is 1. The highest BCUT2D eigenvalue weighted by atomic mass is 35.5. The van der Waals surface area contributed by atoms with Crippen LogP contribution < -0.4 is 9.47 Å². The van der Waals surface area contributed by atoms with Crippen molar-refractivity contribution in [3.8, 4) is 22.6 Å². The van der Waals surface area contributed by atoms with Crippen LogP contribution >= 0.6 is 11.6 Å². The van der Waals surface area contributed by atoms with E-state index in [-0.39, 0.29) is 27.5 Å². The highest BCUT2D eigenvalue weighted by Crippen LogP contribution is 2.44. The lowest BCUT2D eigenvalue weighted by molar-refractivity contribution is -0.274. The molecule has 0 amide bonds. The Balaban J connectivity index is 2.09. The first-order valence-corrected chi connectivity index (χ1v) is 8.11. The van der Waals surface area contributed by atoms with E-state index in [0.29, 0.717) is 0 Å². The van der Waals surface area contributed by atoms with E-state index in [0.717, 1.165) is 18.2 Å². The second-order valence-electron chi connectivity index (χ2n) is 5.89. The normalized spacial score (nSPS) is 16.5. The first kappa shape index (κ1) is 20.8. The fourth-order valence-electron chi connectivity index (χ4n) is 2.75. The largest absolute Gasteiger partial charge is 0.573 e. The lowest BCUT2D eigenvalue weighted by Gasteiger charge is -2.28. The van der Waals surface area contributed by atoms with Crippen molar-refractivity contribution in [3.05, 3.63) is 52.6 Å². The summed E-state index contributed by atoms with van der Waals surface area (Å²) in [7, 11) is 0. The van der Waals surface area contributed by atoms with Crippen molar-refractivity contribution >= 4 is 23.6 Å². The van der Waals surface area contributed by atoms with Crippen molar-refractivity contribution in [2.75, 3.05) is 0 Å². The molecule has 1 aliphatic heterocycles. The molecule has 2 aromatic carbocycles. The number of benzene rings is 2. The van der Waals surface area contributed by atoms with Crippen LogP contribution in [0.2, 0.25) is 5.02 Å². The van der Waals surface area contributed by atoms with Crippen LogP contribution in [0.25, 0.3) is 17.2 Å². The number of alkyl halides is 6. The van der Waals surface area contributed by atoms with Gasteiger partial charge in [-0.15, -0.1) is 13.2 Å². The molecule has 0 bridgehead atoms. The van der Waals surface area contributed by atoms with E-state index < -0.39 is 35.9 Å². The molecule has 1 unspecified atom stereocenters. The number of carbonyl (C=O) groups is 1. The molecule has 1 atom stereocenters. The SMILES string of the molecule is O=C(O)C1=Cc2cc(Cl)cc(-c3ccc(OC(F)(F)F)cc3)c2OC1C(F)(F)F. The highest BCUT2D eigenvalue weighted by Gasteiger charge is 2.48. The summed E-state index contributed by atoms with van der Waals surface area (Å²) in [5.74, 6) is -2.64. The van der Waals surface area contributed by atoms with E-state index in [1.54, 1.807) is 0 Å². The van der Waals surface area contributed by atoms with Crippen LogP contribution in [0.15, 0.2) is 42.0 Å². The van der Waals surface area contributed by atoms with Crippen molar-refractivity contribution < 1.29 is 45.7 Å². The van der Waals surface area contributed by atoms with Gasteiger partial charge in [-0.25, -0.2) is 4.79 Å². The summed E-state index contributed by atoms with van der Waals surface area (Å²) >= 11 is 5.98. The average Bonchev–Trinajstić information content (AvgIpc) is 2.58. The second-order valence-corrected chi connectivity index (χ2v) is 6.32. The minimum atomic E-state index is -5.01. The van der Waals surface area contributed by atoms with Crippen LogP contribution in [-0.2, 0) is 4.79 Å². The van der Waals surface area contributed by atoms with Crippen LogP contribution in [0.5, 0.6) is 11.5 Å². The molecule has 154 valence electrons. The van der Waals surface area contributed by atoms with Gasteiger partial charge in [-0.05, 0) is 35.9 Å². The summed E-state index contributed by atoms with van der Waals surface area (Å²) < 4.78 is 85.4. The van der Waals surface area contributed by atoms with Crippen molar-refractivity contribution in [2.24, 2.45) is 0 Å². The Bertz CT molecular complexity index is 980. The van der Waals surface area contributed by atoms with Gasteiger partial charge in [0.15, 0.2) is 0 Å². The maximum atomic E-state index is 13.3. The number of rotatable bonds is 3. The molecule has 0 saturated heterocycles. The summed E-state index contributed by atoms with van der Waals surface area (Å²) in [6.45, 7) is 0. The smallest absolute Gasteiger partial charge is 0.478 e. The van der Waals surface area contributed by atoms with Crippen molar-refractivity contribution in [2.45, 2.75) is 18.6 Å². The summed E-state index contributed by atoms with van der Waals surface area (Å²) in [6, 6.07) is 6.77. The van der Waals surface area contributed by atoms with E-state index in [1.807, 2.05) is 0 Å². The number of carboxylic acid groups (broad SMARTS) is 1. The Hall–Kier alpha value is -2.88. The van der Waals surface area contributed by atoms with Gasteiger partial charge in [0.25, 0.3) is 0 Å². The van der Waals surface area contributed by atoms with Gasteiger partial charge in [-0.1, -0.05) is 23.7 Å². The van der Waals surface area contributed by atoms with Gasteiger partial charge in [-0.3, -0.25) is 0 Å². The molecule has 0 saturated carbocycles. The standard InChI is InChI=1S/C18H9ClF6O4/c19-10-5-9-6-13(16(26)27)15(17(20,21)22)28-14(9)12(7-10)8-1-3-11(4-2-8)29-18(23,24)25/h1-7,15H,(H,26,27). The van der Waals surface area contributed by atoms with E-state index in [1.165, 1.54) is 24.3 Å². The number of halogens is 7. The Labute approximate surface area is 163 Å². The molecule has 11 heteroatoms. The minimum absolute atomic E-state index is 0.0129. The van der Waals surface area contributed by atoms with E-state index in [9.17, 15) is 31.1 Å². The van der Waals surface area contributed by atoms with Crippen LogP contribution in [0.1, 0.15) is 5.56 Å². The molecular weight excluding hydrogens is 430 g/mol. The Morgan fingerprint density at radius 3 is 2.21 bits per heavy atom. The highest BCUT2D eigenvalue weighted by molar-refractivity contribution is 6.31. The van der Waals surface area contributed by atoms with Crippen LogP contribution in [0.3, 0.4) is 0 Å². The van der Waals surface area contributed by atoms with E-state index in [2.05, 4.69) is 4.74 Å².